The van der Waals surface area contributed by atoms with Crippen molar-refractivity contribution in [3.8, 4) is 11.1 Å². The van der Waals surface area contributed by atoms with Gasteiger partial charge in [-0.3, -0.25) is 4.98 Å². The van der Waals surface area contributed by atoms with Crippen LogP contribution in [0.15, 0.2) is 36.7 Å². The molecule has 0 aliphatic carbocycles. The standard InChI is InChI=1S/C12H11FN2/c1-8-4-11(14)2-3-12(8)9-5-10(13)7-15-6-9/h2-7H,14H2,1H3. The maximum Gasteiger partial charge on any atom is 0.142 e. The second-order valence-corrected chi connectivity index (χ2v) is 3.47. The van der Waals surface area contributed by atoms with Gasteiger partial charge >= 0.3 is 0 Å². The summed E-state index contributed by atoms with van der Waals surface area (Å²) in [4.78, 5) is 3.82. The first-order valence-corrected chi connectivity index (χ1v) is 4.64. The Hall–Kier alpha value is -1.90. The van der Waals surface area contributed by atoms with E-state index in [0.717, 1.165) is 16.7 Å². The minimum absolute atomic E-state index is 0.330. The Kier molecular flexibility index (Phi) is 2.37. The van der Waals surface area contributed by atoms with E-state index < -0.39 is 0 Å². The maximum absolute atomic E-state index is 13.0. The minimum Gasteiger partial charge on any atom is -0.399 e. The summed E-state index contributed by atoms with van der Waals surface area (Å²) >= 11 is 0. The molecule has 15 heavy (non-hydrogen) atoms. The molecular weight excluding hydrogens is 191 g/mol. The average molecular weight is 202 g/mol. The molecule has 2 N–H and O–H groups in total. The molecule has 0 saturated heterocycles. The van der Waals surface area contributed by atoms with E-state index in [9.17, 15) is 4.39 Å². The van der Waals surface area contributed by atoms with Crippen molar-refractivity contribution >= 4 is 5.69 Å². The summed E-state index contributed by atoms with van der Waals surface area (Å²) in [7, 11) is 0. The van der Waals surface area contributed by atoms with Crippen LogP contribution in [0.25, 0.3) is 11.1 Å². The van der Waals surface area contributed by atoms with Crippen LogP contribution >= 0.6 is 0 Å². The van der Waals surface area contributed by atoms with Gasteiger partial charge in [0, 0.05) is 17.4 Å². The lowest BCUT2D eigenvalue weighted by Gasteiger charge is -2.06. The van der Waals surface area contributed by atoms with Gasteiger partial charge < -0.3 is 5.73 Å². The third kappa shape index (κ3) is 1.96. The number of halogens is 1. The molecule has 0 saturated carbocycles. The van der Waals surface area contributed by atoms with E-state index in [0.29, 0.717) is 5.69 Å². The minimum atomic E-state index is -0.330. The van der Waals surface area contributed by atoms with Gasteiger partial charge in [-0.2, -0.15) is 0 Å². The average Bonchev–Trinajstić information content (AvgIpc) is 2.17. The zero-order chi connectivity index (χ0) is 10.8. The summed E-state index contributed by atoms with van der Waals surface area (Å²) in [5.41, 5.74) is 9.10. The predicted molar refractivity (Wildman–Crippen MR) is 58.8 cm³/mol. The number of nitrogens with zero attached hydrogens (tertiary/aromatic N) is 1. The van der Waals surface area contributed by atoms with Crippen LogP contribution in [0, 0.1) is 12.7 Å². The van der Waals surface area contributed by atoms with E-state index in [1.807, 2.05) is 19.1 Å². The number of hydrogen-bond donors (Lipinski definition) is 1. The fraction of sp³-hybridized carbons (Fsp3) is 0.0833. The maximum atomic E-state index is 13.0. The Morgan fingerprint density at radius 2 is 2.00 bits per heavy atom. The molecule has 0 fully saturated rings. The van der Waals surface area contributed by atoms with Crippen molar-refractivity contribution in [1.29, 1.82) is 0 Å². The van der Waals surface area contributed by atoms with Gasteiger partial charge in [0.05, 0.1) is 6.20 Å². The molecule has 1 aromatic carbocycles. The molecule has 0 spiro atoms. The van der Waals surface area contributed by atoms with E-state index >= 15 is 0 Å². The molecule has 3 heteroatoms. The summed E-state index contributed by atoms with van der Waals surface area (Å²) in [5, 5.41) is 0. The first kappa shape index (κ1) is 9.65. The Morgan fingerprint density at radius 3 is 2.67 bits per heavy atom. The highest BCUT2D eigenvalue weighted by molar-refractivity contribution is 5.68. The van der Waals surface area contributed by atoms with Gasteiger partial charge in [-0.15, -0.1) is 0 Å². The van der Waals surface area contributed by atoms with Crippen molar-refractivity contribution in [3.63, 3.8) is 0 Å². The van der Waals surface area contributed by atoms with Crippen LogP contribution in [-0.2, 0) is 0 Å². The van der Waals surface area contributed by atoms with Gasteiger partial charge in [0.2, 0.25) is 0 Å². The normalized spacial score (nSPS) is 10.3. The molecule has 0 unspecified atom stereocenters. The van der Waals surface area contributed by atoms with Gasteiger partial charge in [0.25, 0.3) is 0 Å². The van der Waals surface area contributed by atoms with Crippen LogP contribution in [0.5, 0.6) is 0 Å². The highest BCUT2D eigenvalue weighted by atomic mass is 19.1. The van der Waals surface area contributed by atoms with Crippen molar-refractivity contribution in [2.45, 2.75) is 6.92 Å². The summed E-state index contributed by atoms with van der Waals surface area (Å²) in [5.74, 6) is -0.330. The van der Waals surface area contributed by atoms with Crippen molar-refractivity contribution in [1.82, 2.24) is 4.98 Å². The second kappa shape index (κ2) is 3.69. The Bertz CT molecular complexity index is 495. The van der Waals surface area contributed by atoms with E-state index in [4.69, 9.17) is 5.73 Å². The summed E-state index contributed by atoms with van der Waals surface area (Å²) in [6.07, 6.45) is 2.83. The third-order valence-electron chi connectivity index (χ3n) is 2.27. The fourth-order valence-electron chi connectivity index (χ4n) is 1.57. The lowest BCUT2D eigenvalue weighted by Crippen LogP contribution is -1.89. The molecule has 1 heterocycles. The monoisotopic (exact) mass is 202 g/mol. The first-order chi connectivity index (χ1) is 7.16. The zero-order valence-electron chi connectivity index (χ0n) is 8.37. The second-order valence-electron chi connectivity index (χ2n) is 3.47. The number of aromatic nitrogens is 1. The van der Waals surface area contributed by atoms with Crippen molar-refractivity contribution in [2.24, 2.45) is 0 Å². The molecule has 1 aromatic heterocycles. The molecular formula is C12H11FN2. The van der Waals surface area contributed by atoms with E-state index in [1.165, 1.54) is 12.3 Å². The molecule has 0 bridgehead atoms. The summed E-state index contributed by atoms with van der Waals surface area (Å²) in [6, 6.07) is 7.00. The topological polar surface area (TPSA) is 38.9 Å². The zero-order valence-corrected chi connectivity index (χ0v) is 8.37. The first-order valence-electron chi connectivity index (χ1n) is 4.64. The number of aryl methyl sites for hydroxylation is 1. The van der Waals surface area contributed by atoms with Crippen molar-refractivity contribution < 1.29 is 4.39 Å². The SMILES string of the molecule is Cc1cc(N)ccc1-c1cncc(F)c1. The molecule has 0 radical (unpaired) electrons. The van der Waals surface area contributed by atoms with Gasteiger partial charge in [-0.05, 0) is 36.2 Å². The molecule has 0 aliphatic heterocycles. The number of nitrogen functional groups attached to an aromatic ring is 1. The van der Waals surface area contributed by atoms with Crippen molar-refractivity contribution in [2.75, 3.05) is 5.73 Å². The number of benzene rings is 1. The van der Waals surface area contributed by atoms with Crippen LogP contribution in [-0.4, -0.2) is 4.98 Å². The van der Waals surface area contributed by atoms with Crippen LogP contribution in [0.1, 0.15) is 5.56 Å². The number of pyridine rings is 1. The number of hydrogen-bond acceptors (Lipinski definition) is 2. The highest BCUT2D eigenvalue weighted by Crippen LogP contribution is 2.24. The van der Waals surface area contributed by atoms with Crippen LogP contribution in [0.2, 0.25) is 0 Å². The molecule has 2 rings (SSSR count). The number of rotatable bonds is 1. The Balaban J connectivity index is 2.54. The molecule has 76 valence electrons. The molecule has 2 aromatic rings. The predicted octanol–water partition coefficient (Wildman–Crippen LogP) is 2.78. The fourth-order valence-corrected chi connectivity index (χ4v) is 1.57. The number of anilines is 1. The van der Waals surface area contributed by atoms with Gasteiger partial charge in [0.15, 0.2) is 0 Å². The lowest BCUT2D eigenvalue weighted by molar-refractivity contribution is 0.622. The molecule has 0 atom stereocenters. The Labute approximate surface area is 87.6 Å². The van der Waals surface area contributed by atoms with Gasteiger partial charge in [-0.1, -0.05) is 6.07 Å². The molecule has 2 nitrogen and oxygen atoms in total. The van der Waals surface area contributed by atoms with Crippen LogP contribution < -0.4 is 5.73 Å². The van der Waals surface area contributed by atoms with Gasteiger partial charge in [-0.25, -0.2) is 4.39 Å². The lowest BCUT2D eigenvalue weighted by atomic mass is 10.0. The Morgan fingerprint density at radius 1 is 1.20 bits per heavy atom. The van der Waals surface area contributed by atoms with Crippen LogP contribution in [0.3, 0.4) is 0 Å². The summed E-state index contributed by atoms with van der Waals surface area (Å²) < 4.78 is 13.0. The quantitative estimate of drug-likeness (QED) is 0.722. The van der Waals surface area contributed by atoms with Gasteiger partial charge in [0.1, 0.15) is 5.82 Å². The summed E-state index contributed by atoms with van der Waals surface area (Å²) in [6.45, 7) is 1.94. The van der Waals surface area contributed by atoms with E-state index in [2.05, 4.69) is 4.98 Å². The third-order valence-corrected chi connectivity index (χ3v) is 2.27. The van der Waals surface area contributed by atoms with E-state index in [-0.39, 0.29) is 5.82 Å². The molecule has 0 aliphatic rings. The number of nitrogens with two attached hydrogens (primary N) is 1. The largest absolute Gasteiger partial charge is 0.399 e. The molecule has 0 amide bonds. The van der Waals surface area contributed by atoms with Crippen LogP contribution in [0.4, 0.5) is 10.1 Å². The highest BCUT2D eigenvalue weighted by Gasteiger charge is 2.03. The van der Waals surface area contributed by atoms with E-state index in [1.54, 1.807) is 12.3 Å². The smallest absolute Gasteiger partial charge is 0.142 e. The van der Waals surface area contributed by atoms with Crippen molar-refractivity contribution in [3.05, 3.63) is 48.0 Å².